The highest BCUT2D eigenvalue weighted by molar-refractivity contribution is 7.93. The molecular weight excluding hydrogens is 210 g/mol. The molecule has 1 aromatic carbocycles. The van der Waals surface area contributed by atoms with Crippen molar-refractivity contribution in [2.24, 2.45) is 0 Å². The van der Waals surface area contributed by atoms with E-state index in [4.69, 9.17) is 6.58 Å². The summed E-state index contributed by atoms with van der Waals surface area (Å²) in [6, 6.07) is 6.95. The Balaban J connectivity index is 2.13. The molecule has 1 aliphatic carbocycles. The Morgan fingerprint density at radius 2 is 1.87 bits per heavy atom. The largest absolute Gasteiger partial charge is 0.283 e. The van der Waals surface area contributed by atoms with Crippen molar-refractivity contribution < 1.29 is 8.42 Å². The quantitative estimate of drug-likeness (QED) is 0.847. The number of anilines is 1. The van der Waals surface area contributed by atoms with Crippen molar-refractivity contribution in [3.63, 3.8) is 0 Å². The predicted molar refractivity (Wildman–Crippen MR) is 60.8 cm³/mol. The second-order valence-corrected chi connectivity index (χ2v) is 5.60. The second kappa shape index (κ2) is 3.70. The van der Waals surface area contributed by atoms with E-state index in [1.807, 2.05) is 0 Å². The third-order valence-corrected chi connectivity index (χ3v) is 4.20. The van der Waals surface area contributed by atoms with Crippen LogP contribution in [-0.2, 0) is 10.0 Å². The molecule has 15 heavy (non-hydrogen) atoms. The van der Waals surface area contributed by atoms with Gasteiger partial charge in [-0.3, -0.25) is 4.72 Å². The van der Waals surface area contributed by atoms with Gasteiger partial charge in [-0.15, -0.1) is 0 Å². The first-order chi connectivity index (χ1) is 7.12. The van der Waals surface area contributed by atoms with E-state index in [2.05, 4.69) is 4.72 Å². The molecule has 1 saturated carbocycles. The van der Waals surface area contributed by atoms with Crippen molar-refractivity contribution in [2.75, 3.05) is 4.72 Å². The Morgan fingerprint density at radius 1 is 1.27 bits per heavy atom. The highest BCUT2D eigenvalue weighted by Crippen LogP contribution is 2.29. The molecule has 1 fully saturated rings. The fourth-order valence-corrected chi connectivity index (χ4v) is 2.68. The minimum atomic E-state index is -3.15. The third-order valence-electron chi connectivity index (χ3n) is 2.33. The first kappa shape index (κ1) is 10.2. The van der Waals surface area contributed by atoms with Gasteiger partial charge >= 0.3 is 0 Å². The van der Waals surface area contributed by atoms with Gasteiger partial charge in [-0.2, -0.15) is 0 Å². The average molecular weight is 222 g/mol. The van der Waals surface area contributed by atoms with E-state index in [9.17, 15) is 8.42 Å². The summed E-state index contributed by atoms with van der Waals surface area (Å²) in [6.07, 6.45) is 3.01. The zero-order chi connectivity index (χ0) is 10.9. The van der Waals surface area contributed by atoms with Crippen LogP contribution in [0, 0.1) is 6.58 Å². The first-order valence-electron chi connectivity index (χ1n) is 4.78. The van der Waals surface area contributed by atoms with Gasteiger partial charge in [0, 0.05) is 5.69 Å². The number of rotatable bonds is 4. The van der Waals surface area contributed by atoms with Crippen molar-refractivity contribution in [1.29, 1.82) is 0 Å². The van der Waals surface area contributed by atoms with Crippen LogP contribution >= 0.6 is 0 Å². The maximum Gasteiger partial charge on any atom is 0.235 e. The fraction of sp³-hybridized carbons (Fsp3) is 0.273. The molecule has 0 saturated heterocycles. The van der Waals surface area contributed by atoms with Crippen molar-refractivity contribution in [3.8, 4) is 0 Å². The van der Waals surface area contributed by atoms with Crippen LogP contribution in [0.15, 0.2) is 24.3 Å². The number of nitrogens with one attached hydrogen (secondary N) is 1. The normalized spacial score (nSPS) is 16.0. The second-order valence-electron chi connectivity index (χ2n) is 3.64. The average Bonchev–Trinajstić information content (AvgIpc) is 3.01. The SMILES string of the molecule is [CH]=Cc1ccc(NS(=O)(=O)C2CC2)cc1. The van der Waals surface area contributed by atoms with Crippen LogP contribution in [0.5, 0.6) is 0 Å². The summed E-state index contributed by atoms with van der Waals surface area (Å²) in [7, 11) is -3.15. The zero-order valence-corrected chi connectivity index (χ0v) is 9.00. The van der Waals surface area contributed by atoms with Crippen LogP contribution in [-0.4, -0.2) is 13.7 Å². The Kier molecular flexibility index (Phi) is 2.52. The molecule has 0 aliphatic heterocycles. The molecule has 3 nitrogen and oxygen atoms in total. The molecule has 0 amide bonds. The van der Waals surface area contributed by atoms with Crippen LogP contribution < -0.4 is 4.72 Å². The van der Waals surface area contributed by atoms with Gasteiger partial charge in [-0.25, -0.2) is 8.42 Å². The molecule has 2 rings (SSSR count). The van der Waals surface area contributed by atoms with E-state index in [0.717, 1.165) is 18.4 Å². The molecule has 1 aromatic rings. The van der Waals surface area contributed by atoms with E-state index in [-0.39, 0.29) is 5.25 Å². The summed E-state index contributed by atoms with van der Waals surface area (Å²) in [4.78, 5) is 0. The Hall–Kier alpha value is -1.29. The molecule has 0 bridgehead atoms. The maximum absolute atomic E-state index is 11.6. The Labute approximate surface area is 89.9 Å². The highest BCUT2D eigenvalue weighted by Gasteiger charge is 2.35. The van der Waals surface area contributed by atoms with Gasteiger partial charge in [0.2, 0.25) is 10.0 Å². The van der Waals surface area contributed by atoms with Crippen LogP contribution in [0.2, 0.25) is 0 Å². The lowest BCUT2D eigenvalue weighted by atomic mass is 10.2. The van der Waals surface area contributed by atoms with Crippen LogP contribution in [0.1, 0.15) is 18.4 Å². The fourth-order valence-electron chi connectivity index (χ4n) is 1.29. The topological polar surface area (TPSA) is 46.2 Å². The van der Waals surface area contributed by atoms with Gasteiger partial charge < -0.3 is 0 Å². The number of hydrogen-bond acceptors (Lipinski definition) is 2. The van der Waals surface area contributed by atoms with E-state index < -0.39 is 10.0 Å². The van der Waals surface area contributed by atoms with E-state index in [0.29, 0.717) is 5.69 Å². The van der Waals surface area contributed by atoms with Crippen molar-refractivity contribution in [2.45, 2.75) is 18.1 Å². The summed E-state index contributed by atoms with van der Waals surface area (Å²) in [5.74, 6) is 0. The number of hydrogen-bond donors (Lipinski definition) is 1. The third kappa shape index (κ3) is 2.39. The lowest BCUT2D eigenvalue weighted by molar-refractivity contribution is 0.600. The maximum atomic E-state index is 11.6. The Bertz CT molecular complexity index is 458. The van der Waals surface area contributed by atoms with Gasteiger partial charge in [-0.05, 0) is 30.5 Å². The van der Waals surface area contributed by atoms with E-state index >= 15 is 0 Å². The van der Waals surface area contributed by atoms with Crippen LogP contribution in [0.3, 0.4) is 0 Å². The predicted octanol–water partition coefficient (Wildman–Crippen LogP) is 2.04. The standard InChI is InChI=1S/C11H12NO2S/c1-2-9-3-5-10(6-4-9)12-15(13,14)11-7-8-11/h1-6,11-12H,7-8H2. The summed E-state index contributed by atoms with van der Waals surface area (Å²) in [5.41, 5.74) is 1.46. The number of benzene rings is 1. The lowest BCUT2D eigenvalue weighted by Gasteiger charge is -2.06. The summed E-state index contributed by atoms with van der Waals surface area (Å²) >= 11 is 0. The molecule has 1 radical (unpaired) electrons. The summed E-state index contributed by atoms with van der Waals surface area (Å²) in [5, 5.41) is -0.196. The Morgan fingerprint density at radius 3 is 2.33 bits per heavy atom. The van der Waals surface area contributed by atoms with Gasteiger partial charge in [0.1, 0.15) is 0 Å². The van der Waals surface area contributed by atoms with Crippen LogP contribution in [0.4, 0.5) is 5.69 Å². The molecule has 79 valence electrons. The minimum absolute atomic E-state index is 0.196. The molecule has 1 N–H and O–H groups in total. The van der Waals surface area contributed by atoms with Gasteiger partial charge in [0.25, 0.3) is 0 Å². The molecule has 1 aliphatic rings. The minimum Gasteiger partial charge on any atom is -0.283 e. The molecule has 0 unspecified atom stereocenters. The van der Waals surface area contributed by atoms with E-state index in [1.54, 1.807) is 24.3 Å². The van der Waals surface area contributed by atoms with Crippen molar-refractivity contribution >= 4 is 21.8 Å². The first-order valence-corrected chi connectivity index (χ1v) is 6.33. The molecule has 0 aromatic heterocycles. The highest BCUT2D eigenvalue weighted by atomic mass is 32.2. The molecule has 0 atom stereocenters. The van der Waals surface area contributed by atoms with Gasteiger partial charge in [0.05, 0.1) is 5.25 Å². The van der Waals surface area contributed by atoms with Gasteiger partial charge in [0.15, 0.2) is 0 Å². The molecular formula is C11H12NO2S. The number of sulfonamides is 1. The summed E-state index contributed by atoms with van der Waals surface area (Å²) < 4.78 is 25.7. The van der Waals surface area contributed by atoms with Crippen LogP contribution in [0.25, 0.3) is 6.08 Å². The smallest absolute Gasteiger partial charge is 0.235 e. The lowest BCUT2D eigenvalue weighted by Crippen LogP contribution is -2.17. The molecule has 4 heteroatoms. The monoisotopic (exact) mass is 222 g/mol. The van der Waals surface area contributed by atoms with Crippen molar-refractivity contribution in [3.05, 3.63) is 36.4 Å². The summed E-state index contributed by atoms with van der Waals surface area (Å²) in [6.45, 7) is 5.32. The molecule has 0 spiro atoms. The van der Waals surface area contributed by atoms with E-state index in [1.165, 1.54) is 6.08 Å². The van der Waals surface area contributed by atoms with Gasteiger partial charge in [-0.1, -0.05) is 24.8 Å². The van der Waals surface area contributed by atoms with Crippen molar-refractivity contribution in [1.82, 2.24) is 0 Å². The molecule has 0 heterocycles. The zero-order valence-electron chi connectivity index (χ0n) is 8.18.